The van der Waals surface area contributed by atoms with E-state index in [0.717, 1.165) is 18.1 Å². The number of hydrogen-bond donors (Lipinski definition) is 1. The average Bonchev–Trinajstić information content (AvgIpc) is 2.71. The monoisotopic (exact) mass is 386 g/mol. The van der Waals surface area contributed by atoms with Gasteiger partial charge in [-0.1, -0.05) is 31.2 Å². The molecule has 8 nitrogen and oxygen atoms in total. The van der Waals surface area contributed by atoms with E-state index in [0.29, 0.717) is 0 Å². The standard InChI is InChI=1S/C20H22N2O6/c1-4-14-5-7-15(8-6-14)13(2)21-19(23)12-28-20(24)16-9-10-18(27-3)17(11-16)22(25)26/h5-11,13H,4,12H2,1-3H3,(H,21,23)/t13-/m0/s1. The topological polar surface area (TPSA) is 108 Å². The third kappa shape index (κ3) is 5.29. The molecule has 0 saturated heterocycles. The summed E-state index contributed by atoms with van der Waals surface area (Å²) in [6.07, 6.45) is 0.931. The predicted molar refractivity (Wildman–Crippen MR) is 102 cm³/mol. The van der Waals surface area contributed by atoms with E-state index in [2.05, 4.69) is 12.2 Å². The van der Waals surface area contributed by atoms with Crippen molar-refractivity contribution in [1.29, 1.82) is 0 Å². The molecule has 0 unspecified atom stereocenters. The van der Waals surface area contributed by atoms with Gasteiger partial charge in [-0.15, -0.1) is 0 Å². The van der Waals surface area contributed by atoms with Crippen LogP contribution in [0.1, 0.15) is 41.4 Å². The number of nitrogens with zero attached hydrogens (tertiary/aromatic N) is 1. The third-order valence-corrected chi connectivity index (χ3v) is 4.21. The smallest absolute Gasteiger partial charge is 0.338 e. The van der Waals surface area contributed by atoms with Gasteiger partial charge < -0.3 is 14.8 Å². The Labute approximate surface area is 162 Å². The van der Waals surface area contributed by atoms with Crippen molar-refractivity contribution in [3.05, 3.63) is 69.3 Å². The number of nitrogens with one attached hydrogen (secondary N) is 1. The molecule has 0 aromatic heterocycles. The Hall–Kier alpha value is -3.42. The molecule has 8 heteroatoms. The number of hydrogen-bond acceptors (Lipinski definition) is 6. The second-order valence-electron chi connectivity index (χ2n) is 6.10. The maximum Gasteiger partial charge on any atom is 0.338 e. The summed E-state index contributed by atoms with van der Waals surface area (Å²) in [4.78, 5) is 34.5. The molecule has 2 aromatic carbocycles. The third-order valence-electron chi connectivity index (χ3n) is 4.21. The highest BCUT2D eigenvalue weighted by Crippen LogP contribution is 2.27. The van der Waals surface area contributed by atoms with E-state index in [4.69, 9.17) is 9.47 Å². The molecule has 0 aliphatic heterocycles. The van der Waals surface area contributed by atoms with Gasteiger partial charge in [-0.25, -0.2) is 4.79 Å². The van der Waals surface area contributed by atoms with Crippen LogP contribution in [0.4, 0.5) is 5.69 Å². The summed E-state index contributed by atoms with van der Waals surface area (Å²) in [6.45, 7) is 3.40. The molecular formula is C20H22N2O6. The number of carbonyl (C=O) groups excluding carboxylic acids is 2. The Morgan fingerprint density at radius 1 is 1.18 bits per heavy atom. The van der Waals surface area contributed by atoms with Gasteiger partial charge >= 0.3 is 11.7 Å². The highest BCUT2D eigenvalue weighted by molar-refractivity contribution is 5.92. The summed E-state index contributed by atoms with van der Waals surface area (Å²) in [5.74, 6) is -1.27. The molecule has 0 aliphatic rings. The maximum absolute atomic E-state index is 12.1. The van der Waals surface area contributed by atoms with Crippen LogP contribution in [0.15, 0.2) is 42.5 Å². The molecule has 0 spiro atoms. The normalized spacial score (nSPS) is 11.4. The maximum atomic E-state index is 12.1. The van der Waals surface area contributed by atoms with Crippen LogP contribution in [0.3, 0.4) is 0 Å². The lowest BCUT2D eigenvalue weighted by Gasteiger charge is -2.15. The van der Waals surface area contributed by atoms with Crippen LogP contribution < -0.4 is 10.1 Å². The molecule has 0 radical (unpaired) electrons. The largest absolute Gasteiger partial charge is 0.490 e. The number of aryl methyl sites for hydroxylation is 1. The van der Waals surface area contributed by atoms with Crippen molar-refractivity contribution in [3.8, 4) is 5.75 Å². The number of amides is 1. The first kappa shape index (κ1) is 20.9. The number of benzene rings is 2. The van der Waals surface area contributed by atoms with E-state index in [9.17, 15) is 19.7 Å². The Kier molecular flexibility index (Phi) is 7.08. The van der Waals surface area contributed by atoms with E-state index in [1.54, 1.807) is 0 Å². The first-order valence-electron chi connectivity index (χ1n) is 8.73. The molecule has 2 rings (SSSR count). The van der Waals surface area contributed by atoms with Crippen molar-refractivity contribution in [2.75, 3.05) is 13.7 Å². The minimum atomic E-state index is -0.833. The summed E-state index contributed by atoms with van der Waals surface area (Å²) < 4.78 is 9.84. The molecule has 0 saturated carbocycles. The van der Waals surface area contributed by atoms with Crippen molar-refractivity contribution in [1.82, 2.24) is 5.32 Å². The molecule has 0 aliphatic carbocycles. The Morgan fingerprint density at radius 2 is 1.86 bits per heavy atom. The van der Waals surface area contributed by atoms with E-state index >= 15 is 0 Å². The fourth-order valence-corrected chi connectivity index (χ4v) is 2.58. The lowest BCUT2D eigenvalue weighted by Crippen LogP contribution is -2.31. The first-order valence-corrected chi connectivity index (χ1v) is 8.73. The van der Waals surface area contributed by atoms with Crippen molar-refractivity contribution in [2.24, 2.45) is 0 Å². The van der Waals surface area contributed by atoms with Crippen LogP contribution in [0.2, 0.25) is 0 Å². The summed E-state index contributed by atoms with van der Waals surface area (Å²) >= 11 is 0. The highest BCUT2D eigenvalue weighted by Gasteiger charge is 2.20. The highest BCUT2D eigenvalue weighted by atomic mass is 16.6. The van der Waals surface area contributed by atoms with E-state index in [-0.39, 0.29) is 23.0 Å². The van der Waals surface area contributed by atoms with Crippen LogP contribution in [-0.4, -0.2) is 30.5 Å². The van der Waals surface area contributed by atoms with Gasteiger partial charge in [-0.05, 0) is 36.6 Å². The SMILES string of the molecule is CCc1ccc([C@H](C)NC(=O)COC(=O)c2ccc(OC)c([N+](=O)[O-])c2)cc1. The van der Waals surface area contributed by atoms with Crippen molar-refractivity contribution >= 4 is 17.6 Å². The zero-order valence-electron chi connectivity index (χ0n) is 15.9. The zero-order valence-corrected chi connectivity index (χ0v) is 15.9. The molecule has 1 atom stereocenters. The number of carbonyl (C=O) groups is 2. The number of nitro benzene ring substituents is 1. The average molecular weight is 386 g/mol. The second-order valence-corrected chi connectivity index (χ2v) is 6.10. The summed E-state index contributed by atoms with van der Waals surface area (Å²) in [7, 11) is 1.29. The van der Waals surface area contributed by atoms with E-state index in [1.165, 1.54) is 24.8 Å². The molecule has 28 heavy (non-hydrogen) atoms. The molecule has 148 valence electrons. The van der Waals surface area contributed by atoms with Gasteiger partial charge in [-0.3, -0.25) is 14.9 Å². The van der Waals surface area contributed by atoms with E-state index in [1.807, 2.05) is 31.2 Å². The van der Waals surface area contributed by atoms with Gasteiger partial charge in [0.05, 0.1) is 23.6 Å². The zero-order chi connectivity index (χ0) is 20.7. The molecule has 0 fully saturated rings. The Balaban J connectivity index is 1.93. The fourth-order valence-electron chi connectivity index (χ4n) is 2.58. The molecular weight excluding hydrogens is 364 g/mol. The van der Waals surface area contributed by atoms with Crippen LogP contribution in [-0.2, 0) is 16.0 Å². The van der Waals surface area contributed by atoms with Gasteiger partial charge in [0.1, 0.15) is 0 Å². The van der Waals surface area contributed by atoms with Crippen LogP contribution in [0.25, 0.3) is 0 Å². The molecule has 1 N–H and O–H groups in total. The minimum absolute atomic E-state index is 0.0298. The Morgan fingerprint density at radius 3 is 2.43 bits per heavy atom. The van der Waals surface area contributed by atoms with Gasteiger partial charge in [0.2, 0.25) is 0 Å². The van der Waals surface area contributed by atoms with Crippen molar-refractivity contribution in [3.63, 3.8) is 0 Å². The lowest BCUT2D eigenvalue weighted by atomic mass is 10.1. The lowest BCUT2D eigenvalue weighted by molar-refractivity contribution is -0.385. The Bertz CT molecular complexity index is 863. The van der Waals surface area contributed by atoms with Gasteiger partial charge in [0, 0.05) is 6.07 Å². The molecule has 2 aromatic rings. The summed E-state index contributed by atoms with van der Waals surface area (Å²) in [5.41, 5.74) is 1.74. The van der Waals surface area contributed by atoms with Gasteiger partial charge in [-0.2, -0.15) is 0 Å². The molecule has 0 heterocycles. The molecule has 0 bridgehead atoms. The number of nitro groups is 1. The second kappa shape index (κ2) is 9.50. The first-order chi connectivity index (χ1) is 13.3. The van der Waals surface area contributed by atoms with E-state index < -0.39 is 23.4 Å². The van der Waals surface area contributed by atoms with Crippen molar-refractivity contribution in [2.45, 2.75) is 26.3 Å². The number of rotatable bonds is 8. The van der Waals surface area contributed by atoms with Gasteiger partial charge in [0.25, 0.3) is 5.91 Å². The van der Waals surface area contributed by atoms with Crippen LogP contribution >= 0.6 is 0 Å². The predicted octanol–water partition coefficient (Wildman–Crippen LogP) is 3.20. The van der Waals surface area contributed by atoms with Crippen LogP contribution in [0, 0.1) is 10.1 Å². The minimum Gasteiger partial charge on any atom is -0.490 e. The summed E-state index contributed by atoms with van der Waals surface area (Å²) in [5, 5.41) is 13.8. The van der Waals surface area contributed by atoms with Gasteiger partial charge in [0.15, 0.2) is 12.4 Å². The number of methoxy groups -OCH3 is 1. The fraction of sp³-hybridized carbons (Fsp3) is 0.300. The summed E-state index contributed by atoms with van der Waals surface area (Å²) in [6, 6.07) is 11.3. The molecule has 1 amide bonds. The van der Waals surface area contributed by atoms with Crippen molar-refractivity contribution < 1.29 is 24.0 Å². The number of ether oxygens (including phenoxy) is 2. The quantitative estimate of drug-likeness (QED) is 0.424. The number of esters is 1. The van der Waals surface area contributed by atoms with Crippen LogP contribution in [0.5, 0.6) is 5.75 Å².